The second-order valence-corrected chi connectivity index (χ2v) is 6.60. The van der Waals surface area contributed by atoms with Crippen LogP contribution >= 0.6 is 0 Å². The third-order valence-electron chi connectivity index (χ3n) is 5.03. The number of aliphatic hydroxyl groups excluding tert-OH is 1. The smallest absolute Gasteiger partial charge is 0.119 e. The Labute approximate surface area is 153 Å². The molecule has 0 unspecified atom stereocenters. The maximum atomic E-state index is 9.16. The second kappa shape index (κ2) is 7.36. The zero-order valence-electron chi connectivity index (χ0n) is 15.0. The van der Waals surface area contributed by atoms with E-state index in [-0.39, 0.29) is 6.61 Å². The number of methoxy groups -OCH3 is 1. The van der Waals surface area contributed by atoms with Crippen molar-refractivity contribution in [1.29, 1.82) is 0 Å². The topological polar surface area (TPSA) is 46.4 Å². The fourth-order valence-corrected chi connectivity index (χ4v) is 3.73. The lowest BCUT2D eigenvalue weighted by atomic mass is 9.98. The van der Waals surface area contributed by atoms with Gasteiger partial charge in [-0.2, -0.15) is 0 Å². The Morgan fingerprint density at radius 2 is 2.08 bits per heavy atom. The van der Waals surface area contributed by atoms with Crippen molar-refractivity contribution in [3.8, 4) is 16.9 Å². The lowest BCUT2D eigenvalue weighted by Crippen LogP contribution is -2.17. The zero-order valence-corrected chi connectivity index (χ0v) is 15.0. The van der Waals surface area contributed by atoms with E-state index < -0.39 is 0 Å². The molecule has 0 bridgehead atoms. The number of nitrogens with one attached hydrogen (secondary N) is 1. The van der Waals surface area contributed by atoms with E-state index in [1.165, 1.54) is 22.2 Å². The summed E-state index contributed by atoms with van der Waals surface area (Å²) in [5, 5.41) is 13.9. The third-order valence-corrected chi connectivity index (χ3v) is 5.03. The molecule has 0 aliphatic carbocycles. The predicted octanol–water partition coefficient (Wildman–Crippen LogP) is 3.47. The van der Waals surface area contributed by atoms with E-state index in [0.717, 1.165) is 42.9 Å². The van der Waals surface area contributed by atoms with Crippen molar-refractivity contribution in [2.24, 2.45) is 0 Å². The van der Waals surface area contributed by atoms with Gasteiger partial charge < -0.3 is 19.7 Å². The van der Waals surface area contributed by atoms with Crippen molar-refractivity contribution < 1.29 is 9.84 Å². The van der Waals surface area contributed by atoms with Gasteiger partial charge in [0.2, 0.25) is 0 Å². The average Bonchev–Trinajstić information content (AvgIpc) is 2.85. The number of aromatic nitrogens is 1. The van der Waals surface area contributed by atoms with E-state index in [4.69, 9.17) is 9.84 Å². The molecule has 0 saturated heterocycles. The standard InChI is InChI=1S/C22H24N2O2/c1-26-20-6-7-21(16(14-20)3-2-12-25)17-4-5-18-13-19-8-9-23-10-11-24(19)22(18)15-17/h2-7,13-15,23,25H,8-12H2,1H3. The first-order chi connectivity index (χ1) is 12.8. The molecule has 1 aliphatic heterocycles. The summed E-state index contributed by atoms with van der Waals surface area (Å²) in [6.45, 7) is 3.07. The van der Waals surface area contributed by atoms with Crippen LogP contribution in [0, 0.1) is 0 Å². The van der Waals surface area contributed by atoms with Crippen LogP contribution in [-0.2, 0) is 13.0 Å². The predicted molar refractivity (Wildman–Crippen MR) is 107 cm³/mol. The molecule has 0 radical (unpaired) electrons. The Kier molecular flexibility index (Phi) is 4.78. The van der Waals surface area contributed by atoms with Gasteiger partial charge in [-0.25, -0.2) is 0 Å². The third kappa shape index (κ3) is 3.14. The van der Waals surface area contributed by atoms with Crippen molar-refractivity contribution in [2.75, 3.05) is 26.8 Å². The van der Waals surface area contributed by atoms with E-state index in [0.29, 0.717) is 0 Å². The van der Waals surface area contributed by atoms with Gasteiger partial charge in [0.05, 0.1) is 13.7 Å². The quantitative estimate of drug-likeness (QED) is 0.759. The Hall–Kier alpha value is -2.56. The molecular weight excluding hydrogens is 324 g/mol. The van der Waals surface area contributed by atoms with Gasteiger partial charge in [0.25, 0.3) is 0 Å². The highest BCUT2D eigenvalue weighted by Crippen LogP contribution is 2.32. The SMILES string of the molecule is COc1ccc(-c2ccc3cc4n(c3c2)CCNCC4)c(C=CCO)c1. The fourth-order valence-electron chi connectivity index (χ4n) is 3.73. The molecule has 2 N–H and O–H groups in total. The molecule has 2 aromatic carbocycles. The van der Waals surface area contributed by atoms with Crippen LogP contribution < -0.4 is 10.1 Å². The van der Waals surface area contributed by atoms with E-state index in [1.54, 1.807) is 13.2 Å². The molecule has 1 aliphatic rings. The molecule has 0 amide bonds. The summed E-state index contributed by atoms with van der Waals surface area (Å²) in [5.41, 5.74) is 6.05. The van der Waals surface area contributed by atoms with Crippen molar-refractivity contribution in [1.82, 2.24) is 9.88 Å². The maximum absolute atomic E-state index is 9.16. The number of aliphatic hydroxyl groups is 1. The summed E-state index contributed by atoms with van der Waals surface area (Å²) < 4.78 is 7.80. The average molecular weight is 348 g/mol. The summed E-state index contributed by atoms with van der Waals surface area (Å²) >= 11 is 0. The van der Waals surface area contributed by atoms with Gasteiger partial charge in [0.15, 0.2) is 0 Å². The van der Waals surface area contributed by atoms with E-state index in [9.17, 15) is 0 Å². The van der Waals surface area contributed by atoms with Crippen LogP contribution in [0.5, 0.6) is 5.75 Å². The number of nitrogens with zero attached hydrogens (tertiary/aromatic N) is 1. The highest BCUT2D eigenvalue weighted by molar-refractivity contribution is 5.88. The number of hydrogen-bond acceptors (Lipinski definition) is 3. The van der Waals surface area contributed by atoms with Crippen LogP contribution in [0.15, 0.2) is 48.5 Å². The van der Waals surface area contributed by atoms with E-state index >= 15 is 0 Å². The summed E-state index contributed by atoms with van der Waals surface area (Å²) in [6, 6.07) is 15.1. The number of rotatable bonds is 4. The van der Waals surface area contributed by atoms with Crippen LogP contribution in [0.2, 0.25) is 0 Å². The lowest BCUT2D eigenvalue weighted by molar-refractivity contribution is 0.343. The van der Waals surface area contributed by atoms with Crippen molar-refractivity contribution in [3.63, 3.8) is 0 Å². The first-order valence-corrected chi connectivity index (χ1v) is 9.09. The summed E-state index contributed by atoms with van der Waals surface area (Å²) in [5.74, 6) is 0.815. The molecule has 26 heavy (non-hydrogen) atoms. The number of hydrogen-bond donors (Lipinski definition) is 2. The minimum absolute atomic E-state index is 0.0227. The highest BCUT2D eigenvalue weighted by atomic mass is 16.5. The van der Waals surface area contributed by atoms with Crippen LogP contribution in [-0.4, -0.2) is 36.5 Å². The molecule has 4 rings (SSSR count). The van der Waals surface area contributed by atoms with Gasteiger partial charge in [-0.1, -0.05) is 30.4 Å². The Balaban J connectivity index is 1.84. The van der Waals surface area contributed by atoms with Gasteiger partial charge in [0, 0.05) is 37.3 Å². The van der Waals surface area contributed by atoms with Gasteiger partial charge in [-0.05, 0) is 46.3 Å². The van der Waals surface area contributed by atoms with Gasteiger partial charge in [0.1, 0.15) is 5.75 Å². The first kappa shape index (κ1) is 16.9. The van der Waals surface area contributed by atoms with E-state index in [2.05, 4.69) is 40.2 Å². The molecule has 0 fully saturated rings. The van der Waals surface area contributed by atoms with Crippen LogP contribution in [0.4, 0.5) is 0 Å². The van der Waals surface area contributed by atoms with E-state index in [1.807, 2.05) is 18.2 Å². The summed E-state index contributed by atoms with van der Waals surface area (Å²) in [4.78, 5) is 0. The molecule has 3 aromatic rings. The maximum Gasteiger partial charge on any atom is 0.119 e. The number of fused-ring (bicyclic) bond motifs is 3. The normalized spacial score (nSPS) is 14.5. The highest BCUT2D eigenvalue weighted by Gasteiger charge is 2.13. The van der Waals surface area contributed by atoms with Crippen molar-refractivity contribution in [2.45, 2.75) is 13.0 Å². The number of ether oxygens (including phenoxy) is 1. The Bertz CT molecular complexity index is 956. The van der Waals surface area contributed by atoms with Crippen LogP contribution in [0.3, 0.4) is 0 Å². The second-order valence-electron chi connectivity index (χ2n) is 6.60. The monoisotopic (exact) mass is 348 g/mol. The minimum atomic E-state index is 0.0227. The van der Waals surface area contributed by atoms with Crippen molar-refractivity contribution >= 4 is 17.0 Å². The molecule has 1 aromatic heterocycles. The molecule has 0 atom stereocenters. The summed E-state index contributed by atoms with van der Waals surface area (Å²) in [6.07, 6.45) is 4.77. The van der Waals surface area contributed by atoms with Gasteiger partial charge in [-0.3, -0.25) is 0 Å². The largest absolute Gasteiger partial charge is 0.497 e. The molecule has 0 saturated carbocycles. The van der Waals surface area contributed by atoms with Gasteiger partial charge >= 0.3 is 0 Å². The molecule has 4 nitrogen and oxygen atoms in total. The molecule has 2 heterocycles. The first-order valence-electron chi connectivity index (χ1n) is 9.09. The Morgan fingerprint density at radius 3 is 2.92 bits per heavy atom. The number of benzene rings is 2. The Morgan fingerprint density at radius 1 is 1.15 bits per heavy atom. The van der Waals surface area contributed by atoms with Crippen molar-refractivity contribution in [3.05, 3.63) is 59.8 Å². The molecular formula is C22H24N2O2. The fraction of sp³-hybridized carbons (Fsp3) is 0.273. The summed E-state index contributed by atoms with van der Waals surface area (Å²) in [7, 11) is 1.67. The van der Waals surface area contributed by atoms with Gasteiger partial charge in [-0.15, -0.1) is 0 Å². The lowest BCUT2D eigenvalue weighted by Gasteiger charge is -2.11. The minimum Gasteiger partial charge on any atom is -0.497 e. The zero-order chi connectivity index (χ0) is 17.9. The van der Waals surface area contributed by atoms with Crippen LogP contribution in [0.25, 0.3) is 28.1 Å². The molecule has 4 heteroatoms. The molecule has 0 spiro atoms. The van der Waals surface area contributed by atoms with Crippen LogP contribution in [0.1, 0.15) is 11.3 Å². The molecule has 134 valence electrons.